The number of Topliss-reactive ketones (excluding diaryl/α,β-unsaturated/α-hetero) is 1. The zero-order valence-electron chi connectivity index (χ0n) is 11.0. The van der Waals surface area contributed by atoms with Crippen LogP contribution in [0.5, 0.6) is 0 Å². The zero-order valence-corrected chi connectivity index (χ0v) is 12.6. The van der Waals surface area contributed by atoms with Gasteiger partial charge in [0.05, 0.1) is 10.5 Å². The van der Waals surface area contributed by atoms with Crippen molar-refractivity contribution in [3.63, 3.8) is 0 Å². The lowest BCUT2D eigenvalue weighted by Gasteiger charge is -2.11. The van der Waals surface area contributed by atoms with Crippen LogP contribution in [0.1, 0.15) is 11.1 Å². The Balaban J connectivity index is 1.79. The summed E-state index contributed by atoms with van der Waals surface area (Å²) in [5, 5.41) is 3.10. The SMILES string of the molecule is O=C(Cc1c(F)ccc(Br)c1F)C1Cc2ccccc2N1. The van der Waals surface area contributed by atoms with Crippen LogP contribution in [0.3, 0.4) is 0 Å². The summed E-state index contributed by atoms with van der Waals surface area (Å²) >= 11 is 3.01. The van der Waals surface area contributed by atoms with E-state index in [2.05, 4.69) is 21.2 Å². The van der Waals surface area contributed by atoms with E-state index < -0.39 is 17.7 Å². The maximum Gasteiger partial charge on any atom is 0.159 e. The first kappa shape index (κ1) is 14.2. The fourth-order valence-corrected chi connectivity index (χ4v) is 2.89. The third kappa shape index (κ3) is 2.70. The second-order valence-corrected chi connectivity index (χ2v) is 5.88. The Morgan fingerprint density at radius 1 is 1.24 bits per heavy atom. The molecule has 0 aromatic heterocycles. The number of carbonyl (C=O) groups is 1. The van der Waals surface area contributed by atoms with Gasteiger partial charge in [0, 0.05) is 24.1 Å². The number of fused-ring (bicyclic) bond motifs is 1. The second-order valence-electron chi connectivity index (χ2n) is 5.02. The average Bonchev–Trinajstić information content (AvgIpc) is 2.91. The van der Waals surface area contributed by atoms with Gasteiger partial charge < -0.3 is 5.32 Å². The molecule has 1 unspecified atom stereocenters. The maximum absolute atomic E-state index is 13.9. The van der Waals surface area contributed by atoms with Gasteiger partial charge in [0.15, 0.2) is 5.78 Å². The normalized spacial score (nSPS) is 16.4. The molecule has 1 atom stereocenters. The summed E-state index contributed by atoms with van der Waals surface area (Å²) in [6.45, 7) is 0. The molecular formula is C16H12BrF2NO. The van der Waals surface area contributed by atoms with Gasteiger partial charge in [0.1, 0.15) is 11.6 Å². The molecule has 0 spiro atoms. The molecule has 0 fully saturated rings. The quantitative estimate of drug-likeness (QED) is 0.850. The number of halogens is 3. The molecule has 0 bridgehead atoms. The van der Waals surface area contributed by atoms with Crippen LogP contribution in [0.15, 0.2) is 40.9 Å². The Labute approximate surface area is 129 Å². The van der Waals surface area contributed by atoms with Crippen LogP contribution in [0, 0.1) is 11.6 Å². The van der Waals surface area contributed by atoms with Crippen molar-refractivity contribution >= 4 is 27.4 Å². The van der Waals surface area contributed by atoms with Crippen molar-refractivity contribution in [3.8, 4) is 0 Å². The fourth-order valence-electron chi connectivity index (χ4n) is 2.52. The molecule has 2 aromatic rings. The van der Waals surface area contributed by atoms with E-state index in [1.54, 1.807) is 0 Å². The monoisotopic (exact) mass is 351 g/mol. The van der Waals surface area contributed by atoms with E-state index >= 15 is 0 Å². The number of ketones is 1. The molecule has 2 aromatic carbocycles. The third-order valence-electron chi connectivity index (χ3n) is 3.65. The van der Waals surface area contributed by atoms with Gasteiger partial charge in [-0.25, -0.2) is 8.78 Å². The second kappa shape index (κ2) is 5.56. The lowest BCUT2D eigenvalue weighted by atomic mass is 10.0. The highest BCUT2D eigenvalue weighted by Crippen LogP contribution is 2.27. The number of nitrogens with one attached hydrogen (secondary N) is 1. The number of anilines is 1. The van der Waals surface area contributed by atoms with Crippen molar-refractivity contribution in [2.24, 2.45) is 0 Å². The van der Waals surface area contributed by atoms with Crippen molar-refractivity contribution in [2.45, 2.75) is 18.9 Å². The maximum atomic E-state index is 13.9. The number of rotatable bonds is 3. The van der Waals surface area contributed by atoms with E-state index in [4.69, 9.17) is 0 Å². The van der Waals surface area contributed by atoms with Crippen molar-refractivity contribution in [3.05, 3.63) is 63.6 Å². The van der Waals surface area contributed by atoms with Crippen LogP contribution >= 0.6 is 15.9 Å². The summed E-state index contributed by atoms with van der Waals surface area (Å²) in [6, 6.07) is 9.64. The lowest BCUT2D eigenvalue weighted by molar-refractivity contribution is -0.119. The smallest absolute Gasteiger partial charge is 0.159 e. The fraction of sp³-hybridized carbons (Fsp3) is 0.188. The van der Waals surface area contributed by atoms with Crippen LogP contribution in [0.2, 0.25) is 0 Å². The van der Waals surface area contributed by atoms with Gasteiger partial charge in [0.25, 0.3) is 0 Å². The summed E-state index contributed by atoms with van der Waals surface area (Å²) in [6.07, 6.45) is 0.287. The van der Waals surface area contributed by atoms with Crippen LogP contribution in [0.4, 0.5) is 14.5 Å². The van der Waals surface area contributed by atoms with Crippen LogP contribution in [-0.2, 0) is 17.6 Å². The Kier molecular flexibility index (Phi) is 3.76. The van der Waals surface area contributed by atoms with Gasteiger partial charge in [-0.3, -0.25) is 4.79 Å². The highest BCUT2D eigenvalue weighted by Gasteiger charge is 2.27. The first-order chi connectivity index (χ1) is 10.1. The molecule has 0 aliphatic carbocycles. The van der Waals surface area contributed by atoms with Gasteiger partial charge in [-0.2, -0.15) is 0 Å². The molecule has 0 saturated carbocycles. The lowest BCUT2D eigenvalue weighted by Crippen LogP contribution is -2.29. The highest BCUT2D eigenvalue weighted by atomic mass is 79.9. The van der Waals surface area contributed by atoms with Gasteiger partial charge in [0.2, 0.25) is 0 Å². The molecule has 0 radical (unpaired) electrons. The van der Waals surface area contributed by atoms with Crippen molar-refractivity contribution < 1.29 is 13.6 Å². The number of benzene rings is 2. The zero-order chi connectivity index (χ0) is 15.0. The van der Waals surface area contributed by atoms with Crippen LogP contribution in [0.25, 0.3) is 0 Å². The Morgan fingerprint density at radius 2 is 2.00 bits per heavy atom. The predicted octanol–water partition coefficient (Wildman–Crippen LogP) is 3.88. The van der Waals surface area contributed by atoms with Crippen molar-refractivity contribution in [2.75, 3.05) is 5.32 Å². The first-order valence-electron chi connectivity index (χ1n) is 6.56. The molecule has 1 N–H and O–H groups in total. The van der Waals surface area contributed by atoms with Crippen molar-refractivity contribution in [1.82, 2.24) is 0 Å². The molecule has 1 heterocycles. The molecule has 0 amide bonds. The molecule has 5 heteroatoms. The van der Waals surface area contributed by atoms with E-state index in [-0.39, 0.29) is 22.2 Å². The number of hydrogen-bond donors (Lipinski definition) is 1. The van der Waals surface area contributed by atoms with Crippen LogP contribution < -0.4 is 5.32 Å². The molecule has 21 heavy (non-hydrogen) atoms. The largest absolute Gasteiger partial charge is 0.375 e. The molecule has 1 aliphatic heterocycles. The highest BCUT2D eigenvalue weighted by molar-refractivity contribution is 9.10. The van der Waals surface area contributed by atoms with Crippen molar-refractivity contribution in [1.29, 1.82) is 0 Å². The van der Waals surface area contributed by atoms with E-state index in [0.717, 1.165) is 17.3 Å². The summed E-state index contributed by atoms with van der Waals surface area (Å²) in [4.78, 5) is 12.3. The van der Waals surface area contributed by atoms with Crippen LogP contribution in [-0.4, -0.2) is 11.8 Å². The minimum atomic E-state index is -0.709. The summed E-state index contributed by atoms with van der Waals surface area (Å²) < 4.78 is 27.8. The van der Waals surface area contributed by atoms with E-state index in [1.807, 2.05) is 24.3 Å². The van der Waals surface area contributed by atoms with Gasteiger partial charge >= 0.3 is 0 Å². The Bertz CT molecular complexity index is 692. The summed E-state index contributed by atoms with van der Waals surface area (Å²) in [7, 11) is 0. The number of hydrogen-bond acceptors (Lipinski definition) is 2. The number of para-hydroxylation sites is 1. The average molecular weight is 352 g/mol. The Hall–Kier alpha value is -1.75. The minimum Gasteiger partial charge on any atom is -0.375 e. The first-order valence-corrected chi connectivity index (χ1v) is 7.35. The molecule has 2 nitrogen and oxygen atoms in total. The Morgan fingerprint density at radius 3 is 2.76 bits per heavy atom. The molecule has 3 rings (SSSR count). The van der Waals surface area contributed by atoms with E-state index in [1.165, 1.54) is 6.07 Å². The third-order valence-corrected chi connectivity index (χ3v) is 4.26. The topological polar surface area (TPSA) is 29.1 Å². The molecular weight excluding hydrogens is 340 g/mol. The molecule has 0 saturated heterocycles. The van der Waals surface area contributed by atoms with Gasteiger partial charge in [-0.1, -0.05) is 18.2 Å². The predicted molar refractivity (Wildman–Crippen MR) is 80.3 cm³/mol. The summed E-state index contributed by atoms with van der Waals surface area (Å²) in [5.41, 5.74) is 1.77. The minimum absolute atomic E-state index is 0.161. The number of carbonyl (C=O) groups excluding carboxylic acids is 1. The molecule has 108 valence electrons. The van der Waals surface area contributed by atoms with E-state index in [9.17, 15) is 13.6 Å². The van der Waals surface area contributed by atoms with Gasteiger partial charge in [-0.15, -0.1) is 0 Å². The standard InChI is InChI=1S/C16H12BrF2NO/c17-11-5-6-12(18)10(16(11)19)8-15(21)14-7-9-3-1-2-4-13(9)20-14/h1-6,14,20H,7-8H2. The van der Waals surface area contributed by atoms with Gasteiger partial charge in [-0.05, 0) is 39.7 Å². The van der Waals surface area contributed by atoms with E-state index in [0.29, 0.717) is 6.42 Å². The molecule has 1 aliphatic rings. The summed E-state index contributed by atoms with van der Waals surface area (Å²) in [5.74, 6) is -1.62.